The van der Waals surface area contributed by atoms with Crippen LogP contribution in [0.2, 0.25) is 10.0 Å². The second kappa shape index (κ2) is 11.4. The van der Waals surface area contributed by atoms with Gasteiger partial charge < -0.3 is 25.0 Å². The number of ether oxygens (including phenoxy) is 2. The normalized spacial score (nSPS) is 18.6. The van der Waals surface area contributed by atoms with Gasteiger partial charge in [-0.25, -0.2) is 9.97 Å². The lowest BCUT2D eigenvalue weighted by atomic mass is 10.0. The second-order valence-electron chi connectivity index (χ2n) is 9.22. The smallest absolute Gasteiger partial charge is 0.243 e. The number of nitrogens with one attached hydrogen (secondary N) is 2. The van der Waals surface area contributed by atoms with E-state index in [-0.39, 0.29) is 29.8 Å². The molecule has 0 spiro atoms. The lowest BCUT2D eigenvalue weighted by molar-refractivity contribution is -0.132. The minimum Gasteiger partial charge on any atom is -0.495 e. The monoisotopic (exact) mass is 557 g/mol. The van der Waals surface area contributed by atoms with Crippen LogP contribution in [0.25, 0.3) is 22.0 Å². The number of halogens is 2. The first-order valence-electron chi connectivity index (χ1n) is 11.9. The number of fused-ring (bicyclic) bond motifs is 1. The fourth-order valence-corrected chi connectivity index (χ4v) is 5.45. The molecule has 0 bridgehead atoms. The molecule has 2 amide bonds. The highest BCUT2D eigenvalue weighted by atomic mass is 35.5. The third-order valence-corrected chi connectivity index (χ3v) is 7.37. The molecule has 2 aromatic carbocycles. The van der Waals surface area contributed by atoms with Crippen molar-refractivity contribution in [1.29, 1.82) is 0 Å². The van der Waals surface area contributed by atoms with E-state index in [4.69, 9.17) is 32.7 Å². The van der Waals surface area contributed by atoms with E-state index in [1.165, 1.54) is 20.3 Å². The zero-order valence-electron chi connectivity index (χ0n) is 21.5. The van der Waals surface area contributed by atoms with Gasteiger partial charge in [0.1, 0.15) is 11.5 Å². The molecule has 38 heavy (non-hydrogen) atoms. The molecule has 3 atom stereocenters. The van der Waals surface area contributed by atoms with Gasteiger partial charge in [0.25, 0.3) is 0 Å². The number of carbonyl (C=O) groups is 2. The van der Waals surface area contributed by atoms with Crippen LogP contribution in [-0.2, 0) is 9.59 Å². The number of methoxy groups -OCH3 is 2. The number of carbonyl (C=O) groups excluding carboxylic acids is 2. The van der Waals surface area contributed by atoms with Crippen LogP contribution in [-0.4, -0.2) is 67.1 Å². The molecule has 2 N–H and O–H groups in total. The van der Waals surface area contributed by atoms with Crippen molar-refractivity contribution in [2.75, 3.05) is 33.6 Å². The van der Waals surface area contributed by atoms with Gasteiger partial charge in [-0.3, -0.25) is 9.59 Å². The van der Waals surface area contributed by atoms with Gasteiger partial charge in [-0.2, -0.15) is 0 Å². The maximum Gasteiger partial charge on any atom is 0.243 e. The van der Waals surface area contributed by atoms with E-state index in [9.17, 15) is 9.59 Å². The van der Waals surface area contributed by atoms with E-state index >= 15 is 0 Å². The summed E-state index contributed by atoms with van der Waals surface area (Å²) in [6.45, 7) is 3.52. The molecule has 1 aliphatic rings. The summed E-state index contributed by atoms with van der Waals surface area (Å²) in [5, 5.41) is 7.74. The van der Waals surface area contributed by atoms with E-state index in [0.29, 0.717) is 51.4 Å². The molecule has 1 saturated carbocycles. The van der Waals surface area contributed by atoms with Crippen molar-refractivity contribution >= 4 is 51.9 Å². The Morgan fingerprint density at radius 1 is 1.08 bits per heavy atom. The molecular weight excluding hydrogens is 529 g/mol. The van der Waals surface area contributed by atoms with Crippen molar-refractivity contribution in [3.05, 3.63) is 53.2 Å². The predicted molar refractivity (Wildman–Crippen MR) is 149 cm³/mol. The Kier molecular flexibility index (Phi) is 8.28. The molecule has 9 nitrogen and oxygen atoms in total. The molecule has 1 heterocycles. The van der Waals surface area contributed by atoms with Crippen molar-refractivity contribution < 1.29 is 19.1 Å². The van der Waals surface area contributed by atoms with Crippen molar-refractivity contribution in [3.63, 3.8) is 0 Å². The Morgan fingerprint density at radius 3 is 2.34 bits per heavy atom. The van der Waals surface area contributed by atoms with Gasteiger partial charge in [0.15, 0.2) is 0 Å². The molecule has 4 rings (SSSR count). The molecule has 0 saturated heterocycles. The summed E-state index contributed by atoms with van der Waals surface area (Å²) >= 11 is 13.2. The quantitative estimate of drug-likeness (QED) is 0.391. The van der Waals surface area contributed by atoms with Crippen molar-refractivity contribution in [1.82, 2.24) is 20.2 Å². The minimum absolute atomic E-state index is 0.0191. The molecule has 1 aliphatic carbocycles. The van der Waals surface area contributed by atoms with Crippen LogP contribution in [0, 0.1) is 5.92 Å². The number of aromatic nitrogens is 2. The average Bonchev–Trinajstić information content (AvgIpc) is 3.29. The van der Waals surface area contributed by atoms with Crippen LogP contribution in [0.15, 0.2) is 43.1 Å². The van der Waals surface area contributed by atoms with Crippen molar-refractivity contribution in [2.45, 2.75) is 24.9 Å². The Balaban J connectivity index is 1.63. The van der Waals surface area contributed by atoms with Gasteiger partial charge in [0.05, 0.1) is 41.9 Å². The van der Waals surface area contributed by atoms with Gasteiger partial charge in [-0.15, -0.1) is 0 Å². The van der Waals surface area contributed by atoms with E-state index < -0.39 is 0 Å². The molecule has 3 aromatic rings. The first-order valence-corrected chi connectivity index (χ1v) is 12.7. The summed E-state index contributed by atoms with van der Waals surface area (Å²) < 4.78 is 10.8. The molecule has 1 fully saturated rings. The number of amides is 2. The van der Waals surface area contributed by atoms with Gasteiger partial charge in [0.2, 0.25) is 17.8 Å². The van der Waals surface area contributed by atoms with Crippen LogP contribution in [0.5, 0.6) is 11.5 Å². The van der Waals surface area contributed by atoms with E-state index in [1.807, 2.05) is 18.2 Å². The standard InChI is InChI=1S/C27H29Cl2N5O4/c1-6-22(35)31-18-10-15(26(36)34(2)3)11-19(18)33-27-30-13-16-9-14(7-8-17(16)32-27)23-24(28)20(37-4)12-21(38-5)25(23)29/h6-9,12-13,15,18-19H,1,10-11H2,2-5H3,(H,31,35)(H,30,32,33)/t15-,18-,19+/m0/s1. The number of hydrogen-bond acceptors (Lipinski definition) is 7. The predicted octanol–water partition coefficient (Wildman–Crippen LogP) is 4.57. The van der Waals surface area contributed by atoms with Crippen LogP contribution < -0.4 is 20.1 Å². The molecule has 0 aliphatic heterocycles. The Labute approximate surface area is 231 Å². The summed E-state index contributed by atoms with van der Waals surface area (Å²) in [6, 6.07) is 6.73. The molecule has 0 unspecified atom stereocenters. The summed E-state index contributed by atoms with van der Waals surface area (Å²) in [7, 11) is 6.50. The number of anilines is 1. The second-order valence-corrected chi connectivity index (χ2v) is 9.98. The molecular formula is C27H29Cl2N5O4. The Morgan fingerprint density at radius 2 is 1.74 bits per heavy atom. The lowest BCUT2D eigenvalue weighted by Crippen LogP contribution is -2.43. The third kappa shape index (κ3) is 5.49. The largest absolute Gasteiger partial charge is 0.495 e. The maximum atomic E-state index is 12.6. The Bertz CT molecular complexity index is 1370. The zero-order valence-corrected chi connectivity index (χ0v) is 23.1. The highest BCUT2D eigenvalue weighted by Gasteiger charge is 2.39. The number of nitrogens with zero attached hydrogens (tertiary/aromatic N) is 3. The number of hydrogen-bond donors (Lipinski definition) is 2. The van der Waals surface area contributed by atoms with Crippen LogP contribution in [0.4, 0.5) is 5.95 Å². The van der Waals surface area contributed by atoms with E-state index in [0.717, 1.165) is 10.9 Å². The topological polar surface area (TPSA) is 106 Å². The van der Waals surface area contributed by atoms with Crippen molar-refractivity contribution in [2.24, 2.45) is 5.92 Å². The van der Waals surface area contributed by atoms with Crippen LogP contribution >= 0.6 is 23.2 Å². The Hall–Kier alpha value is -3.56. The van der Waals surface area contributed by atoms with E-state index in [1.54, 1.807) is 31.3 Å². The summed E-state index contributed by atoms with van der Waals surface area (Å²) in [5.74, 6) is 0.781. The summed E-state index contributed by atoms with van der Waals surface area (Å²) in [5.41, 5.74) is 2.03. The summed E-state index contributed by atoms with van der Waals surface area (Å²) in [4.78, 5) is 35.3. The summed E-state index contributed by atoms with van der Waals surface area (Å²) in [6.07, 6.45) is 3.96. The van der Waals surface area contributed by atoms with Gasteiger partial charge in [0, 0.05) is 43.2 Å². The highest BCUT2D eigenvalue weighted by Crippen LogP contribution is 2.46. The van der Waals surface area contributed by atoms with Crippen LogP contribution in [0.3, 0.4) is 0 Å². The maximum absolute atomic E-state index is 12.6. The van der Waals surface area contributed by atoms with Crippen LogP contribution in [0.1, 0.15) is 12.8 Å². The molecule has 200 valence electrons. The zero-order chi connectivity index (χ0) is 27.6. The highest BCUT2D eigenvalue weighted by molar-refractivity contribution is 6.41. The fraction of sp³-hybridized carbons (Fsp3) is 0.333. The van der Waals surface area contributed by atoms with Gasteiger partial charge in [-0.1, -0.05) is 35.8 Å². The molecule has 1 aromatic heterocycles. The third-order valence-electron chi connectivity index (χ3n) is 6.62. The molecule has 0 radical (unpaired) electrons. The van der Waals surface area contributed by atoms with E-state index in [2.05, 4.69) is 27.2 Å². The minimum atomic E-state index is -0.293. The van der Waals surface area contributed by atoms with Gasteiger partial charge in [-0.05, 0) is 36.6 Å². The van der Waals surface area contributed by atoms with Crippen molar-refractivity contribution in [3.8, 4) is 22.6 Å². The van der Waals surface area contributed by atoms with Gasteiger partial charge >= 0.3 is 0 Å². The number of rotatable bonds is 8. The first-order chi connectivity index (χ1) is 18.2. The molecule has 11 heteroatoms. The average molecular weight is 558 g/mol. The fourth-order valence-electron chi connectivity index (χ4n) is 4.73. The SMILES string of the molecule is C=CC(=O)N[C@H]1C[C@H](C(=O)N(C)C)C[C@H]1Nc1ncc2cc(-c3c(Cl)c(OC)cc(OC)c3Cl)ccc2n1. The first kappa shape index (κ1) is 27.5. The lowest BCUT2D eigenvalue weighted by Gasteiger charge is -2.21. The number of benzene rings is 2.